The van der Waals surface area contributed by atoms with Gasteiger partial charge >= 0.3 is 0 Å². The Morgan fingerprint density at radius 1 is 1.29 bits per heavy atom. The SMILES string of the molecule is CNCc1cc(F)ccc1OCCOCCO. The first kappa shape index (κ1) is 13.9. The van der Waals surface area contributed by atoms with Crippen molar-refractivity contribution in [2.75, 3.05) is 33.5 Å². The lowest BCUT2D eigenvalue weighted by Gasteiger charge is -2.11. The molecular weight excluding hydrogens is 225 g/mol. The predicted molar refractivity (Wildman–Crippen MR) is 62.6 cm³/mol. The van der Waals surface area contributed by atoms with Crippen molar-refractivity contribution in [3.8, 4) is 5.75 Å². The molecule has 5 heteroatoms. The number of benzene rings is 1. The quantitative estimate of drug-likeness (QED) is 0.667. The van der Waals surface area contributed by atoms with Crippen LogP contribution in [-0.4, -0.2) is 38.6 Å². The minimum Gasteiger partial charge on any atom is -0.491 e. The number of nitrogens with one attached hydrogen (secondary N) is 1. The van der Waals surface area contributed by atoms with Crippen molar-refractivity contribution < 1.29 is 19.0 Å². The molecule has 0 aliphatic heterocycles. The van der Waals surface area contributed by atoms with Crippen LogP contribution in [0.1, 0.15) is 5.56 Å². The maximum Gasteiger partial charge on any atom is 0.124 e. The first-order valence-electron chi connectivity index (χ1n) is 5.52. The zero-order chi connectivity index (χ0) is 12.5. The second-order valence-electron chi connectivity index (χ2n) is 3.47. The molecule has 0 heterocycles. The van der Waals surface area contributed by atoms with Crippen LogP contribution >= 0.6 is 0 Å². The summed E-state index contributed by atoms with van der Waals surface area (Å²) in [6.45, 7) is 1.63. The molecule has 0 unspecified atom stereocenters. The Morgan fingerprint density at radius 3 is 2.82 bits per heavy atom. The van der Waals surface area contributed by atoms with E-state index in [-0.39, 0.29) is 12.4 Å². The molecular formula is C12H18FNO3. The molecule has 0 saturated heterocycles. The highest BCUT2D eigenvalue weighted by Gasteiger charge is 2.04. The average Bonchev–Trinajstić information content (AvgIpc) is 2.32. The van der Waals surface area contributed by atoms with E-state index in [1.54, 1.807) is 13.1 Å². The zero-order valence-corrected chi connectivity index (χ0v) is 9.91. The van der Waals surface area contributed by atoms with E-state index >= 15 is 0 Å². The van der Waals surface area contributed by atoms with E-state index in [1.807, 2.05) is 0 Å². The third kappa shape index (κ3) is 5.12. The van der Waals surface area contributed by atoms with Gasteiger partial charge in [-0.1, -0.05) is 0 Å². The topological polar surface area (TPSA) is 50.7 Å². The molecule has 1 aromatic rings. The molecule has 2 N–H and O–H groups in total. The van der Waals surface area contributed by atoms with E-state index in [0.29, 0.717) is 32.1 Å². The third-order valence-electron chi connectivity index (χ3n) is 2.11. The molecule has 0 fully saturated rings. The lowest BCUT2D eigenvalue weighted by Crippen LogP contribution is -2.12. The molecule has 0 aliphatic rings. The van der Waals surface area contributed by atoms with E-state index in [4.69, 9.17) is 14.6 Å². The molecule has 0 amide bonds. The van der Waals surface area contributed by atoms with Gasteiger partial charge in [0.15, 0.2) is 0 Å². The maximum atomic E-state index is 13.0. The summed E-state index contributed by atoms with van der Waals surface area (Å²) in [5, 5.41) is 11.5. The molecule has 4 nitrogen and oxygen atoms in total. The summed E-state index contributed by atoms with van der Waals surface area (Å²) < 4.78 is 23.6. The summed E-state index contributed by atoms with van der Waals surface area (Å²) in [5.41, 5.74) is 0.773. The highest BCUT2D eigenvalue weighted by Crippen LogP contribution is 2.19. The molecule has 96 valence electrons. The van der Waals surface area contributed by atoms with Crippen LogP contribution < -0.4 is 10.1 Å². The Labute approximate surface area is 100 Å². The van der Waals surface area contributed by atoms with Gasteiger partial charge in [-0.15, -0.1) is 0 Å². The highest BCUT2D eigenvalue weighted by molar-refractivity contribution is 5.33. The Hall–Kier alpha value is -1.17. The number of ether oxygens (including phenoxy) is 2. The first-order valence-corrected chi connectivity index (χ1v) is 5.52. The lowest BCUT2D eigenvalue weighted by molar-refractivity contribution is 0.0703. The number of aliphatic hydroxyl groups is 1. The minimum absolute atomic E-state index is 0.00154. The zero-order valence-electron chi connectivity index (χ0n) is 9.91. The number of halogens is 1. The van der Waals surface area contributed by atoms with Gasteiger partial charge in [0, 0.05) is 12.1 Å². The van der Waals surface area contributed by atoms with Crippen LogP contribution in [0.4, 0.5) is 4.39 Å². The largest absolute Gasteiger partial charge is 0.491 e. The van der Waals surface area contributed by atoms with E-state index < -0.39 is 0 Å². The monoisotopic (exact) mass is 243 g/mol. The predicted octanol–water partition coefficient (Wildman–Crippen LogP) is 0.933. The Kier molecular flexibility index (Phi) is 6.54. The molecule has 0 aliphatic carbocycles. The first-order chi connectivity index (χ1) is 8.27. The van der Waals surface area contributed by atoms with Gasteiger partial charge in [-0.05, 0) is 25.2 Å². The lowest BCUT2D eigenvalue weighted by atomic mass is 10.2. The fraction of sp³-hybridized carbons (Fsp3) is 0.500. The van der Waals surface area contributed by atoms with Crippen LogP contribution in [0.25, 0.3) is 0 Å². The molecule has 0 radical (unpaired) electrons. The van der Waals surface area contributed by atoms with Gasteiger partial charge < -0.3 is 19.9 Å². The van der Waals surface area contributed by atoms with E-state index in [2.05, 4.69) is 5.32 Å². The number of hydrogen-bond acceptors (Lipinski definition) is 4. The third-order valence-corrected chi connectivity index (χ3v) is 2.11. The number of aliphatic hydroxyl groups excluding tert-OH is 1. The van der Waals surface area contributed by atoms with E-state index in [1.165, 1.54) is 12.1 Å². The average molecular weight is 243 g/mol. The molecule has 0 spiro atoms. The molecule has 1 aromatic carbocycles. The van der Waals surface area contributed by atoms with Crippen molar-refractivity contribution in [2.45, 2.75) is 6.54 Å². The fourth-order valence-corrected chi connectivity index (χ4v) is 1.39. The molecule has 0 bridgehead atoms. The molecule has 0 aromatic heterocycles. The molecule has 17 heavy (non-hydrogen) atoms. The second-order valence-corrected chi connectivity index (χ2v) is 3.47. The van der Waals surface area contributed by atoms with Crippen molar-refractivity contribution in [1.29, 1.82) is 0 Å². The van der Waals surface area contributed by atoms with E-state index in [0.717, 1.165) is 5.56 Å². The molecule has 0 atom stereocenters. The van der Waals surface area contributed by atoms with Gasteiger partial charge in [-0.3, -0.25) is 0 Å². The fourth-order valence-electron chi connectivity index (χ4n) is 1.39. The van der Waals surface area contributed by atoms with Crippen LogP contribution in [0.2, 0.25) is 0 Å². The Balaban J connectivity index is 2.45. The number of hydrogen-bond donors (Lipinski definition) is 2. The summed E-state index contributed by atoms with van der Waals surface area (Å²) in [4.78, 5) is 0. The van der Waals surface area contributed by atoms with Crippen molar-refractivity contribution in [2.24, 2.45) is 0 Å². The van der Waals surface area contributed by atoms with Crippen molar-refractivity contribution in [3.63, 3.8) is 0 Å². The van der Waals surface area contributed by atoms with Gasteiger partial charge in [0.25, 0.3) is 0 Å². The summed E-state index contributed by atoms with van der Waals surface area (Å²) in [6.07, 6.45) is 0. The van der Waals surface area contributed by atoms with Crippen molar-refractivity contribution >= 4 is 0 Å². The van der Waals surface area contributed by atoms with Gasteiger partial charge in [-0.2, -0.15) is 0 Å². The number of rotatable bonds is 8. The Morgan fingerprint density at radius 2 is 2.12 bits per heavy atom. The van der Waals surface area contributed by atoms with Crippen LogP contribution in [0.5, 0.6) is 5.75 Å². The molecule has 0 saturated carbocycles. The minimum atomic E-state index is -0.279. The van der Waals surface area contributed by atoms with Crippen LogP contribution in [-0.2, 0) is 11.3 Å². The van der Waals surface area contributed by atoms with Gasteiger partial charge in [0.05, 0.1) is 19.8 Å². The second kappa shape index (κ2) is 8.00. The van der Waals surface area contributed by atoms with Crippen LogP contribution in [0, 0.1) is 5.82 Å². The highest BCUT2D eigenvalue weighted by atomic mass is 19.1. The Bertz CT molecular complexity index is 334. The molecule has 1 rings (SSSR count). The maximum absolute atomic E-state index is 13.0. The summed E-state index contributed by atoms with van der Waals surface area (Å²) in [7, 11) is 1.79. The van der Waals surface area contributed by atoms with Gasteiger partial charge in [0.2, 0.25) is 0 Å². The summed E-state index contributed by atoms with van der Waals surface area (Å²) in [6, 6.07) is 4.41. The van der Waals surface area contributed by atoms with Gasteiger partial charge in [0.1, 0.15) is 18.2 Å². The van der Waals surface area contributed by atoms with Crippen LogP contribution in [0.3, 0.4) is 0 Å². The van der Waals surface area contributed by atoms with Crippen molar-refractivity contribution in [1.82, 2.24) is 5.32 Å². The summed E-state index contributed by atoms with van der Waals surface area (Å²) in [5.74, 6) is 0.368. The van der Waals surface area contributed by atoms with Gasteiger partial charge in [-0.25, -0.2) is 4.39 Å². The normalized spacial score (nSPS) is 10.5. The van der Waals surface area contributed by atoms with E-state index in [9.17, 15) is 4.39 Å². The van der Waals surface area contributed by atoms with Crippen LogP contribution in [0.15, 0.2) is 18.2 Å². The smallest absolute Gasteiger partial charge is 0.124 e. The summed E-state index contributed by atoms with van der Waals surface area (Å²) >= 11 is 0. The van der Waals surface area contributed by atoms with Crippen molar-refractivity contribution in [3.05, 3.63) is 29.6 Å². The standard InChI is InChI=1S/C12H18FNO3/c1-14-9-10-8-11(13)2-3-12(10)17-7-6-16-5-4-15/h2-3,8,14-15H,4-7,9H2,1H3.